The highest BCUT2D eigenvalue weighted by atomic mass is 16.3. The molecule has 1 fully saturated rings. The average Bonchev–Trinajstić information content (AvgIpc) is 3.27. The van der Waals surface area contributed by atoms with Gasteiger partial charge >= 0.3 is 0 Å². The Hall–Kier alpha value is -3.15. The molecule has 0 spiro atoms. The van der Waals surface area contributed by atoms with Crippen LogP contribution in [0.5, 0.6) is 0 Å². The van der Waals surface area contributed by atoms with Crippen molar-refractivity contribution in [3.8, 4) is 0 Å². The first-order valence-corrected chi connectivity index (χ1v) is 9.69. The van der Waals surface area contributed by atoms with Crippen LogP contribution < -0.4 is 5.32 Å². The van der Waals surface area contributed by atoms with Crippen molar-refractivity contribution in [3.63, 3.8) is 0 Å². The predicted molar refractivity (Wildman–Crippen MR) is 107 cm³/mol. The van der Waals surface area contributed by atoms with Gasteiger partial charge in [0.1, 0.15) is 5.76 Å². The van der Waals surface area contributed by atoms with Crippen LogP contribution in [0.15, 0.2) is 65.5 Å². The van der Waals surface area contributed by atoms with Crippen LogP contribution >= 0.6 is 0 Å². The molecule has 1 amide bonds. The minimum absolute atomic E-state index is 0.00995. The average molecular weight is 376 g/mol. The Morgan fingerprint density at radius 3 is 2.50 bits per heavy atom. The van der Waals surface area contributed by atoms with Crippen LogP contribution in [0.2, 0.25) is 0 Å². The standard InChI is InChI=1S/C22H24N4O2/c27-21(19-14-23-22(24-15-19)25-16-20-7-4-12-28-20)26-10-8-18(9-11-26)13-17-5-2-1-3-6-17/h1-7,12,14-15,18H,8-11,13,16H2,(H,23,24,25). The maximum Gasteiger partial charge on any atom is 0.256 e. The molecular formula is C22H24N4O2. The molecule has 0 saturated carbocycles. The highest BCUT2D eigenvalue weighted by molar-refractivity contribution is 5.93. The number of benzene rings is 1. The molecule has 144 valence electrons. The summed E-state index contributed by atoms with van der Waals surface area (Å²) in [6.45, 7) is 2.08. The van der Waals surface area contributed by atoms with E-state index in [1.807, 2.05) is 23.1 Å². The molecule has 2 aromatic heterocycles. The van der Waals surface area contributed by atoms with Crippen LogP contribution in [0.1, 0.15) is 34.5 Å². The topological polar surface area (TPSA) is 71.3 Å². The molecule has 0 radical (unpaired) electrons. The minimum atomic E-state index is 0.00995. The maximum absolute atomic E-state index is 12.7. The van der Waals surface area contributed by atoms with Crippen molar-refractivity contribution >= 4 is 11.9 Å². The lowest BCUT2D eigenvalue weighted by Crippen LogP contribution is -2.39. The van der Waals surface area contributed by atoms with Gasteiger partial charge in [-0.2, -0.15) is 0 Å². The van der Waals surface area contributed by atoms with Crippen molar-refractivity contribution in [1.29, 1.82) is 0 Å². The summed E-state index contributed by atoms with van der Waals surface area (Å²) in [5, 5.41) is 3.08. The third kappa shape index (κ3) is 4.57. The molecule has 0 unspecified atom stereocenters. The smallest absolute Gasteiger partial charge is 0.256 e. The van der Waals surface area contributed by atoms with Crippen molar-refractivity contribution in [3.05, 3.63) is 78.0 Å². The van der Waals surface area contributed by atoms with E-state index in [9.17, 15) is 4.79 Å². The van der Waals surface area contributed by atoms with Crippen LogP contribution in [0.4, 0.5) is 5.95 Å². The number of anilines is 1. The summed E-state index contributed by atoms with van der Waals surface area (Å²) in [6.07, 6.45) is 7.96. The molecular weight excluding hydrogens is 352 g/mol. The van der Waals surface area contributed by atoms with Crippen LogP contribution in [0.3, 0.4) is 0 Å². The molecule has 6 heteroatoms. The zero-order chi connectivity index (χ0) is 19.2. The van der Waals surface area contributed by atoms with Crippen molar-refractivity contribution < 1.29 is 9.21 Å². The number of piperidine rings is 1. The highest BCUT2D eigenvalue weighted by Gasteiger charge is 2.24. The van der Waals surface area contributed by atoms with E-state index < -0.39 is 0 Å². The summed E-state index contributed by atoms with van der Waals surface area (Å²) in [7, 11) is 0. The van der Waals surface area contributed by atoms with Crippen molar-refractivity contribution in [2.24, 2.45) is 5.92 Å². The second-order valence-electron chi connectivity index (χ2n) is 7.15. The third-order valence-corrected chi connectivity index (χ3v) is 5.17. The molecule has 1 saturated heterocycles. The van der Waals surface area contributed by atoms with E-state index in [0.717, 1.165) is 38.1 Å². The van der Waals surface area contributed by atoms with Gasteiger partial charge in [-0.15, -0.1) is 0 Å². The number of carbonyl (C=O) groups is 1. The molecule has 1 N–H and O–H groups in total. The summed E-state index contributed by atoms with van der Waals surface area (Å²) < 4.78 is 5.26. The number of amides is 1. The molecule has 3 aromatic rings. The summed E-state index contributed by atoms with van der Waals surface area (Å²) in [5.41, 5.74) is 1.91. The van der Waals surface area contributed by atoms with E-state index in [1.165, 1.54) is 5.56 Å². The van der Waals surface area contributed by atoms with Gasteiger partial charge in [0.05, 0.1) is 18.4 Å². The maximum atomic E-state index is 12.7. The lowest BCUT2D eigenvalue weighted by atomic mass is 9.90. The summed E-state index contributed by atoms with van der Waals surface area (Å²) in [4.78, 5) is 23.2. The Balaban J connectivity index is 1.27. The molecule has 1 aromatic carbocycles. The largest absolute Gasteiger partial charge is 0.467 e. The Bertz CT molecular complexity index is 871. The number of nitrogens with zero attached hydrogens (tertiary/aromatic N) is 3. The van der Waals surface area contributed by atoms with Gasteiger partial charge < -0.3 is 14.6 Å². The van der Waals surface area contributed by atoms with E-state index in [-0.39, 0.29) is 5.91 Å². The SMILES string of the molecule is O=C(c1cnc(NCc2ccco2)nc1)N1CCC(Cc2ccccc2)CC1. The fourth-order valence-corrected chi connectivity index (χ4v) is 3.58. The minimum Gasteiger partial charge on any atom is -0.467 e. The van der Waals surface area contributed by atoms with Crippen molar-refractivity contribution in [1.82, 2.24) is 14.9 Å². The molecule has 6 nitrogen and oxygen atoms in total. The van der Waals surface area contributed by atoms with Gasteiger partial charge in [-0.3, -0.25) is 4.79 Å². The Morgan fingerprint density at radius 2 is 1.82 bits per heavy atom. The molecule has 28 heavy (non-hydrogen) atoms. The number of hydrogen-bond acceptors (Lipinski definition) is 5. The van der Waals surface area contributed by atoms with Gasteiger partial charge in [-0.25, -0.2) is 9.97 Å². The zero-order valence-electron chi connectivity index (χ0n) is 15.8. The Kier molecular flexibility index (Phi) is 5.66. The lowest BCUT2D eigenvalue weighted by Gasteiger charge is -2.32. The van der Waals surface area contributed by atoms with Crippen LogP contribution in [-0.4, -0.2) is 33.9 Å². The normalized spacial score (nSPS) is 14.8. The van der Waals surface area contributed by atoms with Crippen molar-refractivity contribution in [2.45, 2.75) is 25.8 Å². The van der Waals surface area contributed by atoms with Gasteiger partial charge in [-0.1, -0.05) is 30.3 Å². The third-order valence-electron chi connectivity index (χ3n) is 5.17. The van der Waals surface area contributed by atoms with Gasteiger partial charge in [0.15, 0.2) is 0 Å². The second kappa shape index (κ2) is 8.69. The van der Waals surface area contributed by atoms with E-state index in [4.69, 9.17) is 4.42 Å². The quantitative estimate of drug-likeness (QED) is 0.709. The second-order valence-corrected chi connectivity index (χ2v) is 7.15. The van der Waals surface area contributed by atoms with Gasteiger partial charge in [-0.05, 0) is 42.9 Å². The number of carbonyl (C=O) groups excluding carboxylic acids is 1. The number of hydrogen-bond donors (Lipinski definition) is 1. The Labute approximate surface area is 164 Å². The van der Waals surface area contributed by atoms with E-state index in [0.29, 0.717) is 24.0 Å². The van der Waals surface area contributed by atoms with Gasteiger partial charge in [0, 0.05) is 25.5 Å². The Morgan fingerprint density at radius 1 is 1.07 bits per heavy atom. The zero-order valence-corrected chi connectivity index (χ0v) is 15.8. The monoisotopic (exact) mass is 376 g/mol. The lowest BCUT2D eigenvalue weighted by molar-refractivity contribution is 0.0689. The number of furan rings is 1. The summed E-state index contributed by atoms with van der Waals surface area (Å²) in [6, 6.07) is 14.3. The predicted octanol–water partition coefficient (Wildman–Crippen LogP) is 3.78. The number of nitrogens with one attached hydrogen (secondary N) is 1. The first kappa shape index (κ1) is 18.2. The molecule has 1 aliphatic rings. The summed E-state index contributed by atoms with van der Waals surface area (Å²) >= 11 is 0. The van der Waals surface area contributed by atoms with Gasteiger partial charge in [0.2, 0.25) is 5.95 Å². The number of likely N-dealkylation sites (tertiary alicyclic amines) is 1. The van der Waals surface area contributed by atoms with E-state index in [2.05, 4.69) is 39.6 Å². The first-order valence-electron chi connectivity index (χ1n) is 9.69. The molecule has 3 heterocycles. The molecule has 0 bridgehead atoms. The molecule has 1 aliphatic heterocycles. The molecule has 0 atom stereocenters. The first-order chi connectivity index (χ1) is 13.8. The van der Waals surface area contributed by atoms with Crippen LogP contribution in [0.25, 0.3) is 0 Å². The van der Waals surface area contributed by atoms with E-state index >= 15 is 0 Å². The van der Waals surface area contributed by atoms with E-state index in [1.54, 1.807) is 18.7 Å². The summed E-state index contributed by atoms with van der Waals surface area (Å²) in [5.74, 6) is 1.93. The van der Waals surface area contributed by atoms with Crippen LogP contribution in [-0.2, 0) is 13.0 Å². The number of rotatable bonds is 6. The van der Waals surface area contributed by atoms with Crippen LogP contribution in [0, 0.1) is 5.92 Å². The molecule has 0 aliphatic carbocycles. The fraction of sp³-hybridized carbons (Fsp3) is 0.318. The fourth-order valence-electron chi connectivity index (χ4n) is 3.58. The highest BCUT2D eigenvalue weighted by Crippen LogP contribution is 2.22. The van der Waals surface area contributed by atoms with Gasteiger partial charge in [0.25, 0.3) is 5.91 Å². The number of aromatic nitrogens is 2. The molecule has 4 rings (SSSR count). The van der Waals surface area contributed by atoms with Crippen molar-refractivity contribution in [2.75, 3.05) is 18.4 Å².